The Morgan fingerprint density at radius 3 is 2.33 bits per heavy atom. The normalized spacial score (nSPS) is 29.8. The molecule has 5 heteroatoms. The molecule has 0 spiro atoms. The van der Waals surface area contributed by atoms with Crippen LogP contribution in [0.3, 0.4) is 0 Å². The first-order chi connectivity index (χ1) is 8.41. The van der Waals surface area contributed by atoms with Crippen LogP contribution in [0.5, 0.6) is 0 Å². The minimum Gasteiger partial charge on any atom is -0.315 e. The van der Waals surface area contributed by atoms with Crippen molar-refractivity contribution < 1.29 is 13.2 Å². The van der Waals surface area contributed by atoms with Crippen molar-refractivity contribution in [2.45, 2.75) is 57.8 Å². The van der Waals surface area contributed by atoms with Crippen molar-refractivity contribution in [3.8, 4) is 0 Å². The number of likely N-dealkylation sites (N-methyl/N-ethyl adjacent to an activating group) is 2. The summed E-state index contributed by atoms with van der Waals surface area (Å²) >= 11 is 0. The predicted octanol–water partition coefficient (Wildman–Crippen LogP) is 3.04. The molecule has 108 valence electrons. The summed E-state index contributed by atoms with van der Waals surface area (Å²) in [5.74, 6) is 0.571. The standard InChI is InChI=1S/C13H25F3N2/c1-4-10-6-7-11(17-3)12(8-10)18(5-2)9-13(14,15)16/h10-12,17H,4-9H2,1-3H3. The first kappa shape index (κ1) is 15.8. The van der Waals surface area contributed by atoms with Gasteiger partial charge in [0.2, 0.25) is 0 Å². The number of halogens is 3. The fourth-order valence-corrected chi connectivity index (χ4v) is 3.04. The third kappa shape index (κ3) is 4.43. The van der Waals surface area contributed by atoms with Crippen molar-refractivity contribution in [3.63, 3.8) is 0 Å². The molecule has 2 nitrogen and oxygen atoms in total. The van der Waals surface area contributed by atoms with Gasteiger partial charge in [0.15, 0.2) is 0 Å². The molecule has 3 atom stereocenters. The van der Waals surface area contributed by atoms with Gasteiger partial charge in [-0.25, -0.2) is 0 Å². The summed E-state index contributed by atoms with van der Waals surface area (Å²) in [6, 6.07) is 0.204. The maximum absolute atomic E-state index is 12.6. The monoisotopic (exact) mass is 266 g/mol. The zero-order valence-electron chi connectivity index (χ0n) is 11.6. The number of rotatable bonds is 5. The van der Waals surface area contributed by atoms with Crippen LogP contribution in [-0.2, 0) is 0 Å². The summed E-state index contributed by atoms with van der Waals surface area (Å²) in [5, 5.41) is 3.19. The van der Waals surface area contributed by atoms with Crippen LogP contribution >= 0.6 is 0 Å². The molecular weight excluding hydrogens is 241 g/mol. The zero-order valence-corrected chi connectivity index (χ0v) is 11.6. The molecule has 0 aromatic carbocycles. The molecule has 0 heterocycles. The van der Waals surface area contributed by atoms with Crippen LogP contribution in [0.25, 0.3) is 0 Å². The fraction of sp³-hybridized carbons (Fsp3) is 1.00. The number of nitrogens with zero attached hydrogens (tertiary/aromatic N) is 1. The quantitative estimate of drug-likeness (QED) is 0.823. The molecule has 1 rings (SSSR count). The van der Waals surface area contributed by atoms with E-state index in [1.54, 1.807) is 4.90 Å². The Bertz CT molecular complexity index is 243. The molecule has 0 aliphatic heterocycles. The van der Waals surface area contributed by atoms with Crippen LogP contribution in [0.4, 0.5) is 13.2 Å². The van der Waals surface area contributed by atoms with Crippen LogP contribution < -0.4 is 5.32 Å². The highest BCUT2D eigenvalue weighted by Gasteiger charge is 2.38. The van der Waals surface area contributed by atoms with Crippen molar-refractivity contribution in [3.05, 3.63) is 0 Å². The maximum atomic E-state index is 12.6. The second-order valence-electron chi connectivity index (χ2n) is 5.23. The maximum Gasteiger partial charge on any atom is 0.401 e. The minimum atomic E-state index is -4.10. The lowest BCUT2D eigenvalue weighted by atomic mass is 9.80. The summed E-state index contributed by atoms with van der Waals surface area (Å²) in [6.07, 6.45) is -0.0496. The Hall–Kier alpha value is -0.290. The van der Waals surface area contributed by atoms with Gasteiger partial charge in [-0.1, -0.05) is 20.3 Å². The third-order valence-electron chi connectivity index (χ3n) is 4.13. The van der Waals surface area contributed by atoms with Crippen molar-refractivity contribution in [2.75, 3.05) is 20.1 Å². The zero-order chi connectivity index (χ0) is 13.8. The summed E-state index contributed by atoms with van der Waals surface area (Å²) in [6.45, 7) is 3.61. The Labute approximate surface area is 108 Å². The SMILES string of the molecule is CCC1CCC(NC)C(N(CC)CC(F)(F)F)C1. The number of hydrogen-bond donors (Lipinski definition) is 1. The van der Waals surface area contributed by atoms with Crippen LogP contribution in [0.2, 0.25) is 0 Å². The molecule has 3 unspecified atom stereocenters. The minimum absolute atomic E-state index is 0.0142. The molecule has 18 heavy (non-hydrogen) atoms. The molecule has 1 aliphatic rings. The van der Waals surface area contributed by atoms with E-state index in [9.17, 15) is 13.2 Å². The van der Waals surface area contributed by atoms with E-state index < -0.39 is 12.7 Å². The number of alkyl halides is 3. The average molecular weight is 266 g/mol. The second kappa shape index (κ2) is 6.75. The van der Waals surface area contributed by atoms with Crippen molar-refractivity contribution in [1.29, 1.82) is 0 Å². The average Bonchev–Trinajstić information content (AvgIpc) is 2.34. The predicted molar refractivity (Wildman–Crippen MR) is 67.6 cm³/mol. The van der Waals surface area contributed by atoms with E-state index in [0.29, 0.717) is 12.5 Å². The van der Waals surface area contributed by atoms with E-state index in [4.69, 9.17) is 0 Å². The molecule has 0 amide bonds. The molecule has 1 N–H and O–H groups in total. The Morgan fingerprint density at radius 1 is 1.22 bits per heavy atom. The number of hydrogen-bond acceptors (Lipinski definition) is 2. The summed E-state index contributed by atoms with van der Waals surface area (Å²) in [5.41, 5.74) is 0. The van der Waals surface area contributed by atoms with Gasteiger partial charge in [0.05, 0.1) is 6.54 Å². The van der Waals surface area contributed by atoms with Gasteiger partial charge in [0.1, 0.15) is 0 Å². The Kier molecular flexibility index (Phi) is 5.92. The first-order valence-corrected chi connectivity index (χ1v) is 6.89. The van der Waals surface area contributed by atoms with Crippen LogP contribution in [-0.4, -0.2) is 43.3 Å². The van der Waals surface area contributed by atoms with Gasteiger partial charge in [-0.15, -0.1) is 0 Å². The highest BCUT2D eigenvalue weighted by atomic mass is 19.4. The summed E-state index contributed by atoms with van der Waals surface area (Å²) < 4.78 is 37.8. The van der Waals surface area contributed by atoms with E-state index in [-0.39, 0.29) is 12.1 Å². The van der Waals surface area contributed by atoms with Crippen molar-refractivity contribution >= 4 is 0 Å². The molecule has 1 aliphatic carbocycles. The van der Waals surface area contributed by atoms with E-state index in [1.165, 1.54) is 0 Å². The lowest BCUT2D eigenvalue weighted by molar-refractivity contribution is -0.153. The molecule has 1 fully saturated rings. The molecule has 0 radical (unpaired) electrons. The first-order valence-electron chi connectivity index (χ1n) is 6.89. The van der Waals surface area contributed by atoms with Crippen LogP contribution in [0.15, 0.2) is 0 Å². The van der Waals surface area contributed by atoms with Gasteiger partial charge in [0.25, 0.3) is 0 Å². The number of nitrogens with one attached hydrogen (secondary N) is 1. The van der Waals surface area contributed by atoms with Crippen LogP contribution in [0.1, 0.15) is 39.5 Å². The van der Waals surface area contributed by atoms with Gasteiger partial charge < -0.3 is 5.32 Å². The largest absolute Gasteiger partial charge is 0.401 e. The third-order valence-corrected chi connectivity index (χ3v) is 4.13. The van der Waals surface area contributed by atoms with Gasteiger partial charge in [-0.2, -0.15) is 13.2 Å². The Balaban J connectivity index is 2.72. The van der Waals surface area contributed by atoms with E-state index in [1.807, 2.05) is 14.0 Å². The summed E-state index contributed by atoms with van der Waals surface area (Å²) in [4.78, 5) is 1.59. The van der Waals surface area contributed by atoms with E-state index in [0.717, 1.165) is 25.7 Å². The van der Waals surface area contributed by atoms with Gasteiger partial charge in [-0.05, 0) is 38.8 Å². The molecule has 1 saturated carbocycles. The van der Waals surface area contributed by atoms with Gasteiger partial charge in [-0.3, -0.25) is 4.90 Å². The fourth-order valence-electron chi connectivity index (χ4n) is 3.04. The lowest BCUT2D eigenvalue weighted by Gasteiger charge is -2.42. The molecule has 0 saturated heterocycles. The molecule has 0 aromatic heterocycles. The topological polar surface area (TPSA) is 15.3 Å². The highest BCUT2D eigenvalue weighted by molar-refractivity contribution is 4.90. The van der Waals surface area contributed by atoms with Crippen LogP contribution in [0, 0.1) is 5.92 Å². The highest BCUT2D eigenvalue weighted by Crippen LogP contribution is 2.31. The summed E-state index contributed by atoms with van der Waals surface area (Å²) in [7, 11) is 1.85. The second-order valence-corrected chi connectivity index (χ2v) is 5.23. The van der Waals surface area contributed by atoms with Gasteiger partial charge in [0, 0.05) is 12.1 Å². The van der Waals surface area contributed by atoms with E-state index in [2.05, 4.69) is 12.2 Å². The molecule has 0 aromatic rings. The Morgan fingerprint density at radius 2 is 1.89 bits per heavy atom. The van der Waals surface area contributed by atoms with Gasteiger partial charge >= 0.3 is 6.18 Å². The van der Waals surface area contributed by atoms with Crippen molar-refractivity contribution in [1.82, 2.24) is 10.2 Å². The molecular formula is C13H25F3N2. The molecule has 0 bridgehead atoms. The van der Waals surface area contributed by atoms with Crippen molar-refractivity contribution in [2.24, 2.45) is 5.92 Å². The van der Waals surface area contributed by atoms with E-state index >= 15 is 0 Å². The lowest BCUT2D eigenvalue weighted by Crippen LogP contribution is -2.54. The smallest absolute Gasteiger partial charge is 0.315 e.